The van der Waals surface area contributed by atoms with E-state index in [4.69, 9.17) is 0 Å². The van der Waals surface area contributed by atoms with Gasteiger partial charge >= 0.3 is 0 Å². The third-order valence-electron chi connectivity index (χ3n) is 3.55. The molecule has 0 saturated heterocycles. The summed E-state index contributed by atoms with van der Waals surface area (Å²) < 4.78 is 0. The summed E-state index contributed by atoms with van der Waals surface area (Å²) in [4.78, 5) is 0. The van der Waals surface area contributed by atoms with E-state index in [9.17, 15) is 0 Å². The van der Waals surface area contributed by atoms with Gasteiger partial charge in [0, 0.05) is 5.41 Å². The third-order valence-corrected chi connectivity index (χ3v) is 3.55. The number of hydrogen-bond donors (Lipinski definition) is 0. The molecule has 0 atom stereocenters. The van der Waals surface area contributed by atoms with Crippen LogP contribution in [-0.2, 0) is 0 Å². The predicted octanol–water partition coefficient (Wildman–Crippen LogP) is 5.90. The van der Waals surface area contributed by atoms with Crippen molar-refractivity contribution in [2.45, 2.75) is 71.6 Å². The van der Waals surface area contributed by atoms with Gasteiger partial charge in [-0.1, -0.05) is 70.9 Å². The van der Waals surface area contributed by atoms with Crippen molar-refractivity contribution in [3.8, 4) is 0 Å². The second-order valence-corrected chi connectivity index (χ2v) is 4.91. The molecule has 94 valence electrons. The quantitative estimate of drug-likeness (QED) is 0.302. The average molecular weight is 222 g/mol. The van der Waals surface area contributed by atoms with E-state index in [1.54, 1.807) is 0 Å². The molecule has 0 saturated carbocycles. The van der Waals surface area contributed by atoms with Gasteiger partial charge in [-0.15, -0.1) is 13.2 Å². The van der Waals surface area contributed by atoms with Gasteiger partial charge < -0.3 is 0 Å². The molecule has 0 unspecified atom stereocenters. The lowest BCUT2D eigenvalue weighted by Crippen LogP contribution is -2.14. The topological polar surface area (TPSA) is 0 Å². The Bertz CT molecular complexity index is 170. The molecule has 0 aliphatic rings. The molecular weight excluding hydrogens is 192 g/mol. The molecule has 0 aliphatic carbocycles. The van der Waals surface area contributed by atoms with Crippen LogP contribution in [0.5, 0.6) is 0 Å². The van der Waals surface area contributed by atoms with Gasteiger partial charge in [0.25, 0.3) is 0 Å². The zero-order valence-corrected chi connectivity index (χ0v) is 11.4. The van der Waals surface area contributed by atoms with Crippen LogP contribution in [0.2, 0.25) is 0 Å². The molecule has 0 aromatic rings. The van der Waals surface area contributed by atoms with E-state index in [-0.39, 0.29) is 5.41 Å². The van der Waals surface area contributed by atoms with E-state index >= 15 is 0 Å². The maximum Gasteiger partial charge on any atom is 0.00556 e. The lowest BCUT2D eigenvalue weighted by Gasteiger charge is -2.27. The molecule has 16 heavy (non-hydrogen) atoms. The van der Waals surface area contributed by atoms with Gasteiger partial charge in [0.05, 0.1) is 0 Å². The summed E-state index contributed by atoms with van der Waals surface area (Å²) in [6.45, 7) is 12.5. The summed E-state index contributed by atoms with van der Waals surface area (Å²) in [6, 6.07) is 0. The number of rotatable bonds is 11. The summed E-state index contributed by atoms with van der Waals surface area (Å²) in [5.41, 5.74) is 0.211. The van der Waals surface area contributed by atoms with E-state index in [1.165, 1.54) is 57.8 Å². The Morgan fingerprint density at radius 3 is 1.62 bits per heavy atom. The van der Waals surface area contributed by atoms with Crippen molar-refractivity contribution in [3.63, 3.8) is 0 Å². The number of unbranched alkanes of at least 4 members (excludes halogenated alkanes) is 5. The Balaban J connectivity index is 4.00. The van der Waals surface area contributed by atoms with E-state index in [2.05, 4.69) is 39.2 Å². The Hall–Kier alpha value is -0.520. The molecule has 0 amide bonds. The molecule has 0 aromatic carbocycles. The molecule has 0 bridgehead atoms. The van der Waals surface area contributed by atoms with E-state index in [0.717, 1.165) is 0 Å². The van der Waals surface area contributed by atoms with Gasteiger partial charge in [-0.3, -0.25) is 0 Å². The maximum atomic E-state index is 4.01. The molecule has 0 rings (SSSR count). The smallest absolute Gasteiger partial charge is 0.00556 e. The minimum absolute atomic E-state index is 0.211. The zero-order valence-electron chi connectivity index (χ0n) is 11.4. The molecule has 0 nitrogen and oxygen atoms in total. The highest BCUT2D eigenvalue weighted by molar-refractivity contribution is 5.06. The average Bonchev–Trinajstić information content (AvgIpc) is 2.33. The van der Waals surface area contributed by atoms with Crippen LogP contribution in [0.4, 0.5) is 0 Å². The van der Waals surface area contributed by atoms with Crippen LogP contribution in [0.25, 0.3) is 0 Å². The summed E-state index contributed by atoms with van der Waals surface area (Å²) in [5.74, 6) is 0. The van der Waals surface area contributed by atoms with Crippen molar-refractivity contribution in [2.75, 3.05) is 0 Å². The van der Waals surface area contributed by atoms with Crippen molar-refractivity contribution in [1.82, 2.24) is 0 Å². The SMILES string of the molecule is C=CC(C=C)(CCCCC)CCCCCC. The normalized spacial score (nSPS) is 11.4. The Morgan fingerprint density at radius 2 is 1.19 bits per heavy atom. The summed E-state index contributed by atoms with van der Waals surface area (Å²) in [7, 11) is 0. The number of allylic oxidation sites excluding steroid dienone is 2. The summed E-state index contributed by atoms with van der Waals surface area (Å²) in [5, 5.41) is 0. The van der Waals surface area contributed by atoms with E-state index < -0.39 is 0 Å². The number of hydrogen-bond acceptors (Lipinski definition) is 0. The van der Waals surface area contributed by atoms with Gasteiger partial charge in [-0.2, -0.15) is 0 Å². The van der Waals surface area contributed by atoms with E-state index in [1.807, 2.05) is 0 Å². The van der Waals surface area contributed by atoms with Crippen molar-refractivity contribution in [2.24, 2.45) is 5.41 Å². The first-order chi connectivity index (χ1) is 7.74. The van der Waals surface area contributed by atoms with Gasteiger partial charge in [-0.05, 0) is 12.8 Å². The monoisotopic (exact) mass is 222 g/mol. The predicted molar refractivity (Wildman–Crippen MR) is 75.7 cm³/mol. The molecule has 0 spiro atoms. The van der Waals surface area contributed by atoms with Crippen molar-refractivity contribution < 1.29 is 0 Å². The summed E-state index contributed by atoms with van der Waals surface area (Å²) in [6.07, 6.45) is 16.0. The first-order valence-corrected chi connectivity index (χ1v) is 7.02. The van der Waals surface area contributed by atoms with Gasteiger partial charge in [0.2, 0.25) is 0 Å². The van der Waals surface area contributed by atoms with Crippen LogP contribution in [0, 0.1) is 5.41 Å². The van der Waals surface area contributed by atoms with Crippen LogP contribution in [-0.4, -0.2) is 0 Å². The molecule has 0 aliphatic heterocycles. The highest BCUT2D eigenvalue weighted by Crippen LogP contribution is 2.34. The van der Waals surface area contributed by atoms with Crippen molar-refractivity contribution in [3.05, 3.63) is 25.3 Å². The standard InChI is InChI=1S/C16H30/c1-5-9-11-13-15-16(7-3,8-4)14-12-10-6-2/h7-8H,3-6,9-15H2,1-2H3. The van der Waals surface area contributed by atoms with Crippen molar-refractivity contribution in [1.29, 1.82) is 0 Å². The maximum absolute atomic E-state index is 4.01. The largest absolute Gasteiger partial charge is 0.102 e. The molecule has 0 N–H and O–H groups in total. The Kier molecular flexibility index (Phi) is 9.37. The second-order valence-electron chi connectivity index (χ2n) is 4.91. The molecule has 0 fully saturated rings. The van der Waals surface area contributed by atoms with Gasteiger partial charge in [0.15, 0.2) is 0 Å². The highest BCUT2D eigenvalue weighted by Gasteiger charge is 2.20. The first kappa shape index (κ1) is 15.5. The highest BCUT2D eigenvalue weighted by atomic mass is 14.2. The fraction of sp³-hybridized carbons (Fsp3) is 0.750. The van der Waals surface area contributed by atoms with Crippen molar-refractivity contribution >= 4 is 0 Å². The van der Waals surface area contributed by atoms with Crippen LogP contribution >= 0.6 is 0 Å². The molecule has 0 radical (unpaired) electrons. The van der Waals surface area contributed by atoms with Crippen LogP contribution in [0.3, 0.4) is 0 Å². The Morgan fingerprint density at radius 1 is 0.750 bits per heavy atom. The molecule has 0 heterocycles. The lowest BCUT2D eigenvalue weighted by molar-refractivity contribution is 0.376. The van der Waals surface area contributed by atoms with Crippen LogP contribution in [0.1, 0.15) is 71.6 Å². The van der Waals surface area contributed by atoms with Crippen LogP contribution < -0.4 is 0 Å². The fourth-order valence-corrected chi connectivity index (χ4v) is 2.20. The minimum atomic E-state index is 0.211. The fourth-order valence-electron chi connectivity index (χ4n) is 2.20. The third kappa shape index (κ3) is 6.15. The van der Waals surface area contributed by atoms with Gasteiger partial charge in [0.1, 0.15) is 0 Å². The zero-order chi connectivity index (χ0) is 12.3. The summed E-state index contributed by atoms with van der Waals surface area (Å²) >= 11 is 0. The lowest BCUT2D eigenvalue weighted by atomic mass is 9.78. The molecular formula is C16H30. The second kappa shape index (κ2) is 9.69. The van der Waals surface area contributed by atoms with Crippen LogP contribution in [0.15, 0.2) is 25.3 Å². The minimum Gasteiger partial charge on any atom is -0.102 e. The first-order valence-electron chi connectivity index (χ1n) is 7.02. The molecule has 0 aromatic heterocycles. The Labute approximate surface area is 103 Å². The van der Waals surface area contributed by atoms with Gasteiger partial charge in [-0.25, -0.2) is 0 Å². The molecule has 0 heteroatoms. The van der Waals surface area contributed by atoms with E-state index in [0.29, 0.717) is 0 Å².